The Morgan fingerprint density at radius 3 is 1.01 bits per heavy atom. The molecular weight excluding hydrogens is 1150 g/mol. The predicted molar refractivity (Wildman–Crippen MR) is 394 cm³/mol. The average molecular weight is 1220 g/mol. The number of aromatic nitrogens is 2. The van der Waals surface area contributed by atoms with Gasteiger partial charge in [-0.25, -0.2) is 0 Å². The molecule has 0 saturated heterocycles. The third-order valence-electron chi connectivity index (χ3n) is 21.2. The fourth-order valence-corrected chi connectivity index (χ4v) is 15.7. The molecule has 0 saturated carbocycles. The van der Waals surface area contributed by atoms with Gasteiger partial charge in [-0.1, -0.05) is 78.9 Å². The lowest BCUT2D eigenvalue weighted by Gasteiger charge is -2.35. The van der Waals surface area contributed by atoms with Gasteiger partial charge in [0.05, 0.1) is 22.1 Å². The van der Waals surface area contributed by atoms with Gasteiger partial charge >= 0.3 is 0 Å². The Kier molecular flexibility index (Phi) is 12.9. The smallest absolute Gasteiger partial charge is 0.260 e. The fraction of sp³-hybridized carbons (Fsp3) is 0.163. The van der Waals surface area contributed by atoms with Crippen molar-refractivity contribution in [1.29, 1.82) is 0 Å². The van der Waals surface area contributed by atoms with Gasteiger partial charge in [0, 0.05) is 49.4 Å². The Morgan fingerprint density at radius 2 is 0.596 bits per heavy atom. The molecule has 6 nitrogen and oxygen atoms in total. The van der Waals surface area contributed by atoms with Crippen LogP contribution in [0.25, 0.3) is 77.2 Å². The van der Waals surface area contributed by atoms with Gasteiger partial charge in [0.1, 0.15) is 46.0 Å². The summed E-state index contributed by atoms with van der Waals surface area (Å²) in [5.74, 6) is 7.41. The summed E-state index contributed by atoms with van der Waals surface area (Å²) in [6.45, 7) is 30.5. The van der Waals surface area contributed by atoms with Gasteiger partial charge in [0.15, 0.2) is 0 Å². The van der Waals surface area contributed by atoms with Crippen molar-refractivity contribution in [3.8, 4) is 79.6 Å². The van der Waals surface area contributed by atoms with Crippen molar-refractivity contribution < 1.29 is 18.9 Å². The van der Waals surface area contributed by atoms with Crippen LogP contribution in [0, 0.1) is 96.9 Å². The number of ether oxygens (including phenoxy) is 4. The molecule has 18 rings (SSSR count). The van der Waals surface area contributed by atoms with Crippen LogP contribution in [0.15, 0.2) is 182 Å². The fourth-order valence-electron chi connectivity index (χ4n) is 15.7. The summed E-state index contributed by atoms with van der Waals surface area (Å²) in [6.07, 6.45) is 0. The van der Waals surface area contributed by atoms with Gasteiger partial charge in [0.25, 0.3) is 13.4 Å². The van der Waals surface area contributed by atoms with Crippen molar-refractivity contribution in [3.63, 3.8) is 0 Å². The highest BCUT2D eigenvalue weighted by molar-refractivity contribution is 6.99. The number of rotatable bonds is 4. The second-order valence-electron chi connectivity index (χ2n) is 27.6. The first-order chi connectivity index (χ1) is 45.3. The Hall–Kier alpha value is -10.4. The molecule has 0 unspecified atom stereocenters. The van der Waals surface area contributed by atoms with Crippen molar-refractivity contribution >= 4 is 89.8 Å². The molecule has 4 aliphatic rings. The molecule has 456 valence electrons. The number of hydrogen-bond acceptors (Lipinski definition) is 4. The lowest BCUT2D eigenvalue weighted by atomic mass is 9.34. The first kappa shape index (κ1) is 57.5. The molecule has 0 N–H and O–H groups in total. The van der Waals surface area contributed by atoms with Crippen molar-refractivity contribution in [2.45, 2.75) is 96.9 Å². The van der Waals surface area contributed by atoms with E-state index in [0.29, 0.717) is 0 Å². The van der Waals surface area contributed by atoms with Crippen LogP contribution in [0.2, 0.25) is 0 Å². The summed E-state index contributed by atoms with van der Waals surface area (Å²) >= 11 is 0. The summed E-state index contributed by atoms with van der Waals surface area (Å²) < 4.78 is 31.6. The van der Waals surface area contributed by atoms with Gasteiger partial charge in [-0.05, 0) is 316 Å². The number of fused-ring (bicyclic) bond motifs is 14. The zero-order valence-electron chi connectivity index (χ0n) is 56.0. The first-order valence-electron chi connectivity index (χ1n) is 33.1. The summed E-state index contributed by atoms with van der Waals surface area (Å²) in [5, 5.41) is 5.22. The maximum atomic E-state index is 6.92. The molecule has 0 radical (unpaired) electrons. The Morgan fingerprint density at radius 1 is 0.255 bits per heavy atom. The van der Waals surface area contributed by atoms with E-state index in [0.717, 1.165) is 113 Å². The molecule has 8 heteroatoms. The van der Waals surface area contributed by atoms with Crippen LogP contribution < -0.4 is 51.7 Å². The third kappa shape index (κ3) is 8.71. The molecular formula is C86H72B2N2O4. The van der Waals surface area contributed by atoms with Crippen molar-refractivity contribution in [2.24, 2.45) is 0 Å². The standard InChI is InChI=1S/2C43H36BNO2/c1-23-8-14-35-39(16-23)46-42-28(6)17-29(7)43-41(42)44(35)36-15-11-31(22-40(36)47-43)30-9-12-32(13-10-30)45-37-20-26(4)24(2)18-33(37)34-19-25(3)27(5)21-38(34)45;1-23-11-16-35-39(17-23)46-41-28(6)18-29(7)42-40(41)44(35)36-10-8-9-32(43(36)47-42)30-12-14-31(15-13-30)45-37-21-26(4)24(2)19-33(37)34-20-25(3)27(5)22-38(34)45/h2*8-22H,1-7H3. The molecule has 94 heavy (non-hydrogen) atoms. The molecule has 0 atom stereocenters. The molecule has 4 aliphatic heterocycles. The molecule has 0 amide bonds. The van der Waals surface area contributed by atoms with Crippen LogP contribution in [-0.4, -0.2) is 22.6 Å². The SMILES string of the molecule is Cc1ccc2c(c1)Oc1c(C)cc(C)c3c1B2c1ccc(-c2ccc(-n4c5cc(C)c(C)cc5c5cc(C)c(C)cc54)cc2)cc1O3.Cc1ccc2c(c1)Oc1c(C)cc(C)c3c1B2c1cccc(-c2ccc(-n4c5cc(C)c(C)cc5c5cc(C)c(C)cc54)cc2)c1O3. The molecule has 12 aromatic carbocycles. The van der Waals surface area contributed by atoms with E-state index in [4.69, 9.17) is 18.9 Å². The van der Waals surface area contributed by atoms with E-state index in [-0.39, 0.29) is 13.4 Å². The lowest BCUT2D eigenvalue weighted by molar-refractivity contribution is 0.459. The van der Waals surface area contributed by atoms with E-state index in [1.165, 1.54) is 121 Å². The van der Waals surface area contributed by atoms with Gasteiger partial charge < -0.3 is 28.1 Å². The van der Waals surface area contributed by atoms with Crippen LogP contribution in [0.5, 0.6) is 46.0 Å². The largest absolute Gasteiger partial charge is 0.458 e. The minimum Gasteiger partial charge on any atom is -0.458 e. The van der Waals surface area contributed by atoms with Gasteiger partial charge in [-0.3, -0.25) is 0 Å². The highest BCUT2D eigenvalue weighted by atomic mass is 16.5. The number of para-hydroxylation sites is 1. The Labute approximate surface area is 551 Å². The molecule has 0 spiro atoms. The number of hydrogen-bond donors (Lipinski definition) is 0. The number of aryl methyl sites for hydroxylation is 14. The van der Waals surface area contributed by atoms with E-state index >= 15 is 0 Å². The van der Waals surface area contributed by atoms with E-state index in [2.05, 4.69) is 288 Å². The van der Waals surface area contributed by atoms with Crippen LogP contribution in [0.3, 0.4) is 0 Å². The van der Waals surface area contributed by atoms with Crippen LogP contribution in [-0.2, 0) is 0 Å². The minimum absolute atomic E-state index is 0.0434. The van der Waals surface area contributed by atoms with Gasteiger partial charge in [-0.15, -0.1) is 0 Å². The molecule has 0 bridgehead atoms. The molecule has 6 heterocycles. The molecule has 14 aromatic rings. The topological polar surface area (TPSA) is 46.8 Å². The molecule has 2 aromatic heterocycles. The van der Waals surface area contributed by atoms with E-state index in [9.17, 15) is 0 Å². The van der Waals surface area contributed by atoms with E-state index in [1.54, 1.807) is 0 Å². The van der Waals surface area contributed by atoms with Gasteiger partial charge in [0.2, 0.25) is 0 Å². The van der Waals surface area contributed by atoms with E-state index < -0.39 is 0 Å². The molecule has 0 aliphatic carbocycles. The third-order valence-corrected chi connectivity index (χ3v) is 21.2. The van der Waals surface area contributed by atoms with Crippen LogP contribution >= 0.6 is 0 Å². The summed E-state index contributed by atoms with van der Waals surface area (Å²) in [5.41, 5.74) is 36.3. The monoisotopic (exact) mass is 1220 g/mol. The Bertz CT molecular complexity index is 5540. The normalized spacial score (nSPS) is 12.9. The summed E-state index contributed by atoms with van der Waals surface area (Å²) in [6, 6.07) is 67.6. The van der Waals surface area contributed by atoms with Crippen molar-refractivity contribution in [1.82, 2.24) is 9.13 Å². The molecule has 0 fully saturated rings. The maximum Gasteiger partial charge on any atom is 0.260 e. The summed E-state index contributed by atoms with van der Waals surface area (Å²) in [4.78, 5) is 0. The van der Waals surface area contributed by atoms with Crippen molar-refractivity contribution in [2.75, 3.05) is 0 Å². The first-order valence-corrected chi connectivity index (χ1v) is 33.1. The van der Waals surface area contributed by atoms with Crippen molar-refractivity contribution in [3.05, 3.63) is 260 Å². The quantitative estimate of drug-likeness (QED) is 0.165. The van der Waals surface area contributed by atoms with Crippen LogP contribution in [0.1, 0.15) is 77.9 Å². The Balaban J connectivity index is 0.000000143. The maximum absolute atomic E-state index is 6.92. The minimum atomic E-state index is 0.0434. The van der Waals surface area contributed by atoms with Crippen LogP contribution in [0.4, 0.5) is 0 Å². The highest BCUT2D eigenvalue weighted by Crippen LogP contribution is 2.45. The van der Waals surface area contributed by atoms with Gasteiger partial charge in [-0.2, -0.15) is 0 Å². The highest BCUT2D eigenvalue weighted by Gasteiger charge is 2.44. The second-order valence-corrected chi connectivity index (χ2v) is 27.6. The lowest BCUT2D eigenvalue weighted by Crippen LogP contribution is -2.57. The average Bonchev–Trinajstić information content (AvgIpc) is 1.08. The summed E-state index contributed by atoms with van der Waals surface area (Å²) in [7, 11) is 0. The number of nitrogens with zero attached hydrogens (tertiary/aromatic N) is 2. The van der Waals surface area contributed by atoms with E-state index in [1.807, 2.05) is 0 Å². The predicted octanol–water partition coefficient (Wildman–Crippen LogP) is 18.7. The second kappa shape index (κ2) is 21.0. The zero-order valence-corrected chi connectivity index (χ0v) is 56.0. The zero-order chi connectivity index (χ0) is 64.6. The number of benzene rings is 12.